The summed E-state index contributed by atoms with van der Waals surface area (Å²) in [6.07, 6.45) is 0.549. The summed E-state index contributed by atoms with van der Waals surface area (Å²) in [6.45, 7) is 0.272. The van der Waals surface area contributed by atoms with Crippen molar-refractivity contribution >= 4 is 97.2 Å². The number of hydrogen-bond acceptors (Lipinski definition) is 1. The molecule has 1 aromatic rings. The van der Waals surface area contributed by atoms with E-state index in [1.165, 1.54) is 0 Å². The summed E-state index contributed by atoms with van der Waals surface area (Å²) in [7, 11) is 0. The first-order valence-electron chi connectivity index (χ1n) is 4.86. The van der Waals surface area contributed by atoms with Gasteiger partial charge in [-0.25, -0.2) is 0 Å². The predicted molar refractivity (Wildman–Crippen MR) is 89.7 cm³/mol. The van der Waals surface area contributed by atoms with Crippen molar-refractivity contribution in [3.8, 4) is 5.75 Å². The Labute approximate surface area is 151 Å². The maximum absolute atomic E-state index is 5.99. The van der Waals surface area contributed by atoms with Crippen molar-refractivity contribution in [3.63, 3.8) is 0 Å². The number of rotatable bonds is 5. The summed E-state index contributed by atoms with van der Waals surface area (Å²) in [4.78, 5) is 0. The SMILES string of the molecule is Clc1c(Cl)c(Cl)c(OCCC[Si](Cl)(Cl)Cl)c(Cl)c1Cl. The highest BCUT2D eigenvalue weighted by Crippen LogP contribution is 2.48. The molecule has 0 amide bonds. The molecular formula is C9H6Cl8OSi. The molecule has 0 heterocycles. The fraction of sp³-hybridized carbons (Fsp3) is 0.333. The summed E-state index contributed by atoms with van der Waals surface area (Å²) in [5.74, 6) is 0.175. The summed E-state index contributed by atoms with van der Waals surface area (Å²) >= 11 is 46.9. The number of hydrogen-bond donors (Lipinski definition) is 0. The van der Waals surface area contributed by atoms with Gasteiger partial charge in [0.2, 0.25) is 0 Å². The van der Waals surface area contributed by atoms with Crippen LogP contribution < -0.4 is 4.74 Å². The van der Waals surface area contributed by atoms with Gasteiger partial charge in [0.15, 0.2) is 5.75 Å². The minimum absolute atomic E-state index is 0.0828. The van der Waals surface area contributed by atoms with Crippen LogP contribution in [-0.2, 0) is 0 Å². The molecule has 0 aliphatic heterocycles. The Hall–Kier alpha value is 1.56. The Morgan fingerprint density at radius 2 is 1.16 bits per heavy atom. The van der Waals surface area contributed by atoms with Crippen LogP contribution in [0.25, 0.3) is 0 Å². The third kappa shape index (κ3) is 5.35. The van der Waals surface area contributed by atoms with Crippen molar-refractivity contribution in [3.05, 3.63) is 25.1 Å². The van der Waals surface area contributed by atoms with Gasteiger partial charge in [-0.1, -0.05) is 58.0 Å². The van der Waals surface area contributed by atoms with Gasteiger partial charge < -0.3 is 4.74 Å². The molecule has 0 fully saturated rings. The third-order valence-corrected chi connectivity index (χ3v) is 6.88. The monoisotopic (exact) mass is 438 g/mol. The molecule has 1 aromatic carbocycles. The molecule has 19 heavy (non-hydrogen) atoms. The van der Waals surface area contributed by atoms with Crippen LogP contribution in [0.15, 0.2) is 0 Å². The summed E-state index contributed by atoms with van der Waals surface area (Å²) < 4.78 is 5.43. The largest absolute Gasteiger partial charge is 0.490 e. The van der Waals surface area contributed by atoms with E-state index in [0.717, 1.165) is 0 Å². The van der Waals surface area contributed by atoms with E-state index >= 15 is 0 Å². The fourth-order valence-electron chi connectivity index (χ4n) is 1.16. The van der Waals surface area contributed by atoms with Crippen molar-refractivity contribution in [1.29, 1.82) is 0 Å². The maximum atomic E-state index is 5.99. The third-order valence-electron chi connectivity index (χ3n) is 2.02. The summed E-state index contributed by atoms with van der Waals surface area (Å²) in [5, 5.41) is 0.464. The van der Waals surface area contributed by atoms with Crippen LogP contribution in [0.1, 0.15) is 6.42 Å². The number of ether oxygens (including phenoxy) is 1. The lowest BCUT2D eigenvalue weighted by molar-refractivity contribution is 0.317. The lowest BCUT2D eigenvalue weighted by Crippen LogP contribution is -2.11. The maximum Gasteiger partial charge on any atom is 0.341 e. The van der Waals surface area contributed by atoms with Gasteiger partial charge in [-0.05, 0) is 12.5 Å². The lowest BCUT2D eigenvalue weighted by atomic mass is 10.3. The molecule has 0 radical (unpaired) electrons. The second-order valence-corrected chi connectivity index (χ2v) is 14.6. The summed E-state index contributed by atoms with van der Waals surface area (Å²) in [5.41, 5.74) is 0. The van der Waals surface area contributed by atoms with Crippen molar-refractivity contribution in [2.75, 3.05) is 6.61 Å². The zero-order valence-electron chi connectivity index (χ0n) is 9.05. The number of halogens is 8. The second kappa shape index (κ2) is 7.71. The topological polar surface area (TPSA) is 9.23 Å². The van der Waals surface area contributed by atoms with E-state index in [1.807, 2.05) is 0 Å². The zero-order chi connectivity index (χ0) is 14.8. The predicted octanol–water partition coefficient (Wildman–Crippen LogP) is 7.38. The van der Waals surface area contributed by atoms with E-state index < -0.39 is 6.00 Å². The first-order valence-corrected chi connectivity index (χ1v) is 12.0. The van der Waals surface area contributed by atoms with Gasteiger partial charge in [0.25, 0.3) is 0 Å². The average Bonchev–Trinajstić information content (AvgIpc) is 2.32. The van der Waals surface area contributed by atoms with Gasteiger partial charge in [0.05, 0.1) is 21.7 Å². The normalized spacial score (nSPS) is 11.8. The Bertz CT molecular complexity index is 443. The van der Waals surface area contributed by atoms with Gasteiger partial charge in [0.1, 0.15) is 10.0 Å². The van der Waals surface area contributed by atoms with Crippen LogP contribution in [0.2, 0.25) is 31.2 Å². The van der Waals surface area contributed by atoms with Gasteiger partial charge in [-0.2, -0.15) is 0 Å². The molecule has 0 N–H and O–H groups in total. The van der Waals surface area contributed by atoms with E-state index in [2.05, 4.69) is 0 Å². The highest BCUT2D eigenvalue weighted by molar-refractivity contribution is 7.64. The van der Waals surface area contributed by atoms with E-state index in [1.54, 1.807) is 0 Å². The van der Waals surface area contributed by atoms with Crippen molar-refractivity contribution in [2.24, 2.45) is 0 Å². The highest BCUT2D eigenvalue weighted by Gasteiger charge is 2.25. The van der Waals surface area contributed by atoms with Crippen LogP contribution in [0.3, 0.4) is 0 Å². The van der Waals surface area contributed by atoms with Crippen LogP contribution >= 0.6 is 91.2 Å². The van der Waals surface area contributed by atoms with Gasteiger partial charge in [-0.3, -0.25) is 0 Å². The molecule has 0 saturated heterocycles. The first kappa shape index (κ1) is 18.6. The lowest BCUT2D eigenvalue weighted by Gasteiger charge is -2.14. The Morgan fingerprint density at radius 1 is 0.737 bits per heavy atom. The Balaban J connectivity index is 2.80. The molecule has 0 aliphatic carbocycles. The van der Waals surface area contributed by atoms with Crippen LogP contribution in [-0.4, -0.2) is 12.6 Å². The van der Waals surface area contributed by atoms with Crippen molar-refractivity contribution < 1.29 is 4.74 Å². The Morgan fingerprint density at radius 3 is 1.58 bits per heavy atom. The van der Waals surface area contributed by atoms with Crippen LogP contribution in [0.5, 0.6) is 5.75 Å². The minimum atomic E-state index is -2.66. The molecule has 0 bridgehead atoms. The second-order valence-electron chi connectivity index (χ2n) is 3.47. The van der Waals surface area contributed by atoms with E-state index in [4.69, 9.17) is 96.0 Å². The van der Waals surface area contributed by atoms with E-state index in [0.29, 0.717) is 12.5 Å². The molecule has 0 saturated carbocycles. The minimum Gasteiger partial charge on any atom is -0.490 e. The van der Waals surface area contributed by atoms with Gasteiger partial charge >= 0.3 is 6.00 Å². The molecule has 10 heteroatoms. The molecule has 0 aliphatic rings. The smallest absolute Gasteiger partial charge is 0.341 e. The molecular weight excluding hydrogens is 436 g/mol. The molecule has 0 aromatic heterocycles. The van der Waals surface area contributed by atoms with Crippen LogP contribution in [0, 0.1) is 0 Å². The Kier molecular flexibility index (Phi) is 7.55. The fourth-order valence-corrected chi connectivity index (χ4v) is 4.14. The standard InChI is InChI=1S/C9H6Cl8OSi/c10-4-5(11)7(13)9(8(14)6(4)12)18-2-1-3-19(15,16)17/h1-3H2. The number of benzene rings is 1. The van der Waals surface area contributed by atoms with Gasteiger partial charge in [0, 0.05) is 0 Å². The quantitative estimate of drug-likeness (QED) is 0.152. The molecule has 1 rings (SSSR count). The van der Waals surface area contributed by atoms with E-state index in [9.17, 15) is 0 Å². The molecule has 1 nitrogen and oxygen atoms in total. The van der Waals surface area contributed by atoms with Crippen LogP contribution in [0.4, 0.5) is 0 Å². The molecule has 108 valence electrons. The van der Waals surface area contributed by atoms with Gasteiger partial charge in [-0.15, -0.1) is 33.2 Å². The average molecular weight is 442 g/mol. The molecule has 0 unspecified atom stereocenters. The molecule has 0 spiro atoms. The zero-order valence-corrected chi connectivity index (χ0v) is 16.1. The van der Waals surface area contributed by atoms with Crippen molar-refractivity contribution in [2.45, 2.75) is 12.5 Å². The first-order chi connectivity index (χ1) is 8.65. The highest BCUT2D eigenvalue weighted by atomic mass is 35.8. The van der Waals surface area contributed by atoms with Crippen molar-refractivity contribution in [1.82, 2.24) is 0 Å². The summed E-state index contributed by atoms with van der Waals surface area (Å²) in [6, 6.07) is -2.20. The molecule has 0 atom stereocenters. The van der Waals surface area contributed by atoms with E-state index in [-0.39, 0.29) is 37.5 Å².